The van der Waals surface area contributed by atoms with E-state index in [-0.39, 0.29) is 23.7 Å². The van der Waals surface area contributed by atoms with Gasteiger partial charge in [-0.1, -0.05) is 55.3 Å². The molecule has 0 bridgehead atoms. The predicted molar refractivity (Wildman–Crippen MR) is 116 cm³/mol. The molecule has 1 saturated heterocycles. The molecular formula is C25H26FN3O2. The van der Waals surface area contributed by atoms with Crippen molar-refractivity contribution in [3.05, 3.63) is 77.7 Å². The number of carbonyl (C=O) groups is 1. The quantitative estimate of drug-likeness (QED) is 0.656. The Balaban J connectivity index is 1.43. The minimum atomic E-state index is -0.921. The molecule has 5 nitrogen and oxygen atoms in total. The fraction of sp³-hybridized carbons (Fsp3) is 0.360. The van der Waals surface area contributed by atoms with Gasteiger partial charge in [-0.25, -0.2) is 4.39 Å². The molecule has 3 aromatic rings. The van der Waals surface area contributed by atoms with Crippen molar-refractivity contribution in [3.8, 4) is 11.3 Å². The Hall–Kier alpha value is -2.99. The van der Waals surface area contributed by atoms with Crippen LogP contribution in [0, 0.1) is 11.7 Å². The van der Waals surface area contributed by atoms with Crippen molar-refractivity contribution in [3.63, 3.8) is 0 Å². The molecule has 2 fully saturated rings. The zero-order chi connectivity index (χ0) is 21.4. The number of fused-ring (bicyclic) bond motifs is 1. The first kappa shape index (κ1) is 19.9. The molecule has 31 heavy (non-hydrogen) atoms. The second-order valence-electron chi connectivity index (χ2n) is 8.64. The molecule has 1 aromatic heterocycles. The highest BCUT2D eigenvalue weighted by atomic mass is 19.1. The van der Waals surface area contributed by atoms with E-state index in [9.17, 15) is 14.3 Å². The average Bonchev–Trinajstić information content (AvgIpc) is 3.30. The van der Waals surface area contributed by atoms with Crippen LogP contribution < -0.4 is 0 Å². The van der Waals surface area contributed by atoms with E-state index in [4.69, 9.17) is 0 Å². The number of nitrogens with zero attached hydrogens (tertiary/aromatic N) is 2. The van der Waals surface area contributed by atoms with Crippen LogP contribution >= 0.6 is 0 Å². The van der Waals surface area contributed by atoms with Gasteiger partial charge in [0.2, 0.25) is 0 Å². The van der Waals surface area contributed by atoms with Gasteiger partial charge in [-0.05, 0) is 43.0 Å². The Morgan fingerprint density at radius 1 is 1.10 bits per heavy atom. The Labute approximate surface area is 180 Å². The molecular weight excluding hydrogens is 393 g/mol. The molecule has 2 aliphatic rings. The number of benzene rings is 2. The van der Waals surface area contributed by atoms with E-state index in [1.807, 2.05) is 35.2 Å². The number of aromatic amines is 1. The molecule has 160 valence electrons. The van der Waals surface area contributed by atoms with Crippen LogP contribution in [0.2, 0.25) is 0 Å². The van der Waals surface area contributed by atoms with Gasteiger partial charge < -0.3 is 10.0 Å². The SMILES string of the molecule is O=C(c1cc(-c2ccccc2F)n[nH]1)N1CCC(O)(c2ccccc2)C2CCCCC21. The van der Waals surface area contributed by atoms with Gasteiger partial charge in [0, 0.05) is 24.1 Å². The van der Waals surface area contributed by atoms with Crippen LogP contribution in [0.25, 0.3) is 11.3 Å². The first-order chi connectivity index (χ1) is 15.1. The number of H-pyrrole nitrogens is 1. The third kappa shape index (κ3) is 3.45. The van der Waals surface area contributed by atoms with Crippen LogP contribution in [0.5, 0.6) is 0 Å². The van der Waals surface area contributed by atoms with Crippen LogP contribution in [0.1, 0.15) is 48.2 Å². The van der Waals surface area contributed by atoms with E-state index in [0.717, 1.165) is 31.2 Å². The number of likely N-dealkylation sites (tertiary alicyclic amines) is 1. The zero-order valence-electron chi connectivity index (χ0n) is 17.3. The molecule has 0 spiro atoms. The van der Waals surface area contributed by atoms with E-state index in [0.29, 0.717) is 29.9 Å². The Bertz CT molecular complexity index is 1080. The van der Waals surface area contributed by atoms with Crippen LogP contribution in [0.15, 0.2) is 60.7 Å². The van der Waals surface area contributed by atoms with Gasteiger partial charge in [0.15, 0.2) is 0 Å². The summed E-state index contributed by atoms with van der Waals surface area (Å²) >= 11 is 0. The average molecular weight is 420 g/mol. The highest BCUT2D eigenvalue weighted by Crippen LogP contribution is 2.47. The van der Waals surface area contributed by atoms with Crippen LogP contribution in [0.4, 0.5) is 4.39 Å². The molecule has 1 saturated carbocycles. The second-order valence-corrected chi connectivity index (χ2v) is 8.64. The molecule has 1 amide bonds. The molecule has 1 aliphatic heterocycles. The normalized spacial score (nSPS) is 25.8. The van der Waals surface area contributed by atoms with Gasteiger partial charge in [-0.3, -0.25) is 9.89 Å². The van der Waals surface area contributed by atoms with E-state index in [2.05, 4.69) is 10.2 Å². The number of amides is 1. The third-order valence-corrected chi connectivity index (χ3v) is 6.97. The number of piperidine rings is 1. The topological polar surface area (TPSA) is 69.2 Å². The standard InChI is InChI=1S/C25H26FN3O2/c26-20-12-6-4-10-18(20)21-16-22(28-27-21)24(30)29-15-14-25(31,17-8-2-1-3-9-17)19-11-5-7-13-23(19)29/h1-4,6,8-10,12,16,19,23,31H,5,7,11,13-15H2,(H,27,28). The van der Waals surface area contributed by atoms with E-state index < -0.39 is 5.60 Å². The number of hydrogen-bond acceptors (Lipinski definition) is 3. The summed E-state index contributed by atoms with van der Waals surface area (Å²) in [6, 6.07) is 17.8. The summed E-state index contributed by atoms with van der Waals surface area (Å²) in [5.74, 6) is -0.511. The lowest BCUT2D eigenvalue weighted by atomic mass is 9.66. The van der Waals surface area contributed by atoms with Crippen molar-refractivity contribution in [2.24, 2.45) is 5.92 Å². The van der Waals surface area contributed by atoms with Crippen molar-refractivity contribution in [2.45, 2.75) is 43.7 Å². The Morgan fingerprint density at radius 3 is 2.65 bits per heavy atom. The van der Waals surface area contributed by atoms with Crippen LogP contribution in [0.3, 0.4) is 0 Å². The molecule has 3 unspecified atom stereocenters. The van der Waals surface area contributed by atoms with Gasteiger partial charge in [0.25, 0.3) is 5.91 Å². The van der Waals surface area contributed by atoms with Crippen molar-refractivity contribution in [2.75, 3.05) is 6.54 Å². The predicted octanol–water partition coefficient (Wildman–Crippen LogP) is 4.51. The molecule has 3 atom stereocenters. The maximum atomic E-state index is 14.1. The number of hydrogen-bond donors (Lipinski definition) is 2. The number of halogens is 1. The molecule has 6 heteroatoms. The van der Waals surface area contributed by atoms with Crippen molar-refractivity contribution < 1.29 is 14.3 Å². The maximum Gasteiger partial charge on any atom is 0.272 e. The van der Waals surface area contributed by atoms with Crippen molar-refractivity contribution >= 4 is 5.91 Å². The number of aromatic nitrogens is 2. The number of nitrogens with one attached hydrogen (secondary N) is 1. The van der Waals surface area contributed by atoms with Gasteiger partial charge in [0.1, 0.15) is 11.5 Å². The summed E-state index contributed by atoms with van der Waals surface area (Å²) in [6.45, 7) is 0.472. The molecule has 0 radical (unpaired) electrons. The first-order valence-corrected chi connectivity index (χ1v) is 11.0. The molecule has 2 heterocycles. The summed E-state index contributed by atoms with van der Waals surface area (Å²) in [6.07, 6.45) is 4.36. The third-order valence-electron chi connectivity index (χ3n) is 6.97. The molecule has 5 rings (SSSR count). The molecule has 2 N–H and O–H groups in total. The molecule has 1 aliphatic carbocycles. The van der Waals surface area contributed by atoms with E-state index in [1.54, 1.807) is 24.3 Å². The lowest BCUT2D eigenvalue weighted by Gasteiger charge is -2.52. The van der Waals surface area contributed by atoms with Crippen LogP contribution in [-0.2, 0) is 5.60 Å². The van der Waals surface area contributed by atoms with Gasteiger partial charge >= 0.3 is 0 Å². The highest BCUT2D eigenvalue weighted by molar-refractivity contribution is 5.93. The monoisotopic (exact) mass is 419 g/mol. The van der Waals surface area contributed by atoms with E-state index in [1.165, 1.54) is 6.07 Å². The second kappa shape index (κ2) is 7.93. The number of carbonyl (C=O) groups excluding carboxylic acids is 1. The van der Waals surface area contributed by atoms with Crippen LogP contribution in [-0.4, -0.2) is 38.7 Å². The van der Waals surface area contributed by atoms with Crippen molar-refractivity contribution in [1.29, 1.82) is 0 Å². The molecule has 2 aromatic carbocycles. The maximum absolute atomic E-state index is 14.1. The summed E-state index contributed by atoms with van der Waals surface area (Å²) in [7, 11) is 0. The summed E-state index contributed by atoms with van der Waals surface area (Å²) < 4.78 is 14.1. The first-order valence-electron chi connectivity index (χ1n) is 11.0. The lowest BCUT2D eigenvalue weighted by molar-refractivity contribution is -0.110. The van der Waals surface area contributed by atoms with Gasteiger partial charge in [0.05, 0.1) is 11.3 Å². The largest absolute Gasteiger partial charge is 0.385 e. The summed E-state index contributed by atoms with van der Waals surface area (Å²) in [4.78, 5) is 15.3. The fourth-order valence-electron chi connectivity index (χ4n) is 5.41. The summed E-state index contributed by atoms with van der Waals surface area (Å²) in [5, 5.41) is 18.7. The Kier molecular flexibility index (Phi) is 5.10. The number of rotatable bonds is 3. The minimum absolute atomic E-state index is 0.00434. The van der Waals surface area contributed by atoms with Gasteiger partial charge in [-0.15, -0.1) is 0 Å². The highest BCUT2D eigenvalue weighted by Gasteiger charge is 2.50. The van der Waals surface area contributed by atoms with Crippen molar-refractivity contribution in [1.82, 2.24) is 15.1 Å². The van der Waals surface area contributed by atoms with E-state index >= 15 is 0 Å². The minimum Gasteiger partial charge on any atom is -0.385 e. The lowest BCUT2D eigenvalue weighted by Crippen LogP contribution is -2.59. The fourth-order valence-corrected chi connectivity index (χ4v) is 5.41. The summed E-state index contributed by atoms with van der Waals surface area (Å²) in [5.41, 5.74) is 1.15. The van der Waals surface area contributed by atoms with Gasteiger partial charge in [-0.2, -0.15) is 5.10 Å². The zero-order valence-corrected chi connectivity index (χ0v) is 17.3. The Morgan fingerprint density at radius 2 is 1.84 bits per heavy atom. The smallest absolute Gasteiger partial charge is 0.272 e. The number of aliphatic hydroxyl groups is 1.